The van der Waals surface area contributed by atoms with Gasteiger partial charge < -0.3 is 10.1 Å². The number of rotatable bonds is 6. The van der Waals surface area contributed by atoms with Crippen molar-refractivity contribution in [3.63, 3.8) is 0 Å². The summed E-state index contributed by atoms with van der Waals surface area (Å²) in [6, 6.07) is 4.47. The maximum absolute atomic E-state index is 5.88. The van der Waals surface area contributed by atoms with E-state index in [0.29, 0.717) is 6.04 Å². The van der Waals surface area contributed by atoms with Gasteiger partial charge in [-0.2, -0.15) is 0 Å². The molecule has 0 aliphatic carbocycles. The minimum absolute atomic E-state index is 0.234. The number of nitrogens with zero attached hydrogens (tertiary/aromatic N) is 1. The normalized spacial score (nSPS) is 12.8. The van der Waals surface area contributed by atoms with Crippen LogP contribution < -0.4 is 10.1 Å². The summed E-state index contributed by atoms with van der Waals surface area (Å²) >= 11 is 0. The molecule has 3 heteroatoms. The Morgan fingerprint density at radius 3 is 2.59 bits per heavy atom. The number of hydrogen-bond donors (Lipinski definition) is 1. The Morgan fingerprint density at radius 2 is 2.00 bits per heavy atom. The molecule has 1 unspecified atom stereocenters. The summed E-state index contributed by atoms with van der Waals surface area (Å²) in [5, 5.41) is 3.38. The first-order valence-corrected chi connectivity index (χ1v) is 6.39. The van der Waals surface area contributed by atoms with Crippen LogP contribution in [0.25, 0.3) is 0 Å². The van der Waals surface area contributed by atoms with Crippen LogP contribution in [0, 0.1) is 6.92 Å². The van der Waals surface area contributed by atoms with Crippen LogP contribution in [0.1, 0.15) is 45.5 Å². The van der Waals surface area contributed by atoms with Gasteiger partial charge in [0.15, 0.2) is 0 Å². The zero-order valence-corrected chi connectivity index (χ0v) is 11.6. The largest absolute Gasteiger partial charge is 0.489 e. The minimum Gasteiger partial charge on any atom is -0.489 e. The van der Waals surface area contributed by atoms with E-state index < -0.39 is 0 Å². The van der Waals surface area contributed by atoms with Crippen LogP contribution in [0.15, 0.2) is 12.1 Å². The second-order valence-electron chi connectivity index (χ2n) is 4.77. The van der Waals surface area contributed by atoms with E-state index in [1.807, 2.05) is 19.1 Å². The highest BCUT2D eigenvalue weighted by atomic mass is 16.5. The lowest BCUT2D eigenvalue weighted by Gasteiger charge is -2.17. The third kappa shape index (κ3) is 4.73. The van der Waals surface area contributed by atoms with E-state index in [1.54, 1.807) is 0 Å². The van der Waals surface area contributed by atoms with E-state index >= 15 is 0 Å². The van der Waals surface area contributed by atoms with Crippen LogP contribution in [-0.2, 0) is 6.54 Å². The summed E-state index contributed by atoms with van der Waals surface area (Å²) in [6.07, 6.45) is 1.24. The van der Waals surface area contributed by atoms with Crippen molar-refractivity contribution in [2.75, 3.05) is 0 Å². The SMILES string of the molecule is CCC(C)Oc1ccc(C)nc1CNC(C)C. The molecule has 0 saturated heterocycles. The standard InChI is InChI=1S/C14H24N2O/c1-6-12(5)17-14-8-7-11(4)16-13(14)9-15-10(2)3/h7-8,10,12,15H,6,9H2,1-5H3. The third-order valence-corrected chi connectivity index (χ3v) is 2.65. The summed E-state index contributed by atoms with van der Waals surface area (Å²) in [5.74, 6) is 0.901. The average Bonchev–Trinajstić information content (AvgIpc) is 2.29. The number of pyridine rings is 1. The monoisotopic (exact) mass is 236 g/mol. The van der Waals surface area contributed by atoms with Gasteiger partial charge in [-0.05, 0) is 32.4 Å². The lowest BCUT2D eigenvalue weighted by atomic mass is 10.2. The van der Waals surface area contributed by atoms with Gasteiger partial charge in [0.2, 0.25) is 0 Å². The minimum atomic E-state index is 0.234. The molecule has 1 aromatic heterocycles. The van der Waals surface area contributed by atoms with Crippen molar-refractivity contribution in [1.29, 1.82) is 0 Å². The van der Waals surface area contributed by atoms with Crippen molar-refractivity contribution in [3.8, 4) is 5.75 Å². The number of hydrogen-bond acceptors (Lipinski definition) is 3. The highest BCUT2D eigenvalue weighted by molar-refractivity contribution is 5.29. The van der Waals surface area contributed by atoms with Crippen molar-refractivity contribution in [3.05, 3.63) is 23.5 Å². The first-order chi connectivity index (χ1) is 8.02. The van der Waals surface area contributed by atoms with Crippen LogP contribution >= 0.6 is 0 Å². The number of ether oxygens (including phenoxy) is 1. The first-order valence-electron chi connectivity index (χ1n) is 6.39. The Bertz CT molecular complexity index is 350. The van der Waals surface area contributed by atoms with E-state index in [-0.39, 0.29) is 6.10 Å². The zero-order valence-electron chi connectivity index (χ0n) is 11.6. The van der Waals surface area contributed by atoms with E-state index in [9.17, 15) is 0 Å². The van der Waals surface area contributed by atoms with Crippen LogP contribution in [0.3, 0.4) is 0 Å². The van der Waals surface area contributed by atoms with Crippen LogP contribution in [0.5, 0.6) is 5.75 Å². The summed E-state index contributed by atoms with van der Waals surface area (Å²) in [5.41, 5.74) is 2.03. The molecule has 0 radical (unpaired) electrons. The van der Waals surface area contributed by atoms with Gasteiger partial charge in [0.05, 0.1) is 11.8 Å². The van der Waals surface area contributed by atoms with Gasteiger partial charge in [0.1, 0.15) is 5.75 Å². The second kappa shape index (κ2) is 6.60. The summed E-state index contributed by atoms with van der Waals surface area (Å²) < 4.78 is 5.88. The fraction of sp³-hybridized carbons (Fsp3) is 0.643. The highest BCUT2D eigenvalue weighted by Gasteiger charge is 2.09. The van der Waals surface area contributed by atoms with Crippen molar-refractivity contribution < 1.29 is 4.74 Å². The molecular formula is C14H24N2O. The third-order valence-electron chi connectivity index (χ3n) is 2.65. The molecule has 1 rings (SSSR count). The molecule has 0 aromatic carbocycles. The molecule has 0 fully saturated rings. The van der Waals surface area contributed by atoms with Crippen molar-refractivity contribution in [2.24, 2.45) is 0 Å². The van der Waals surface area contributed by atoms with Gasteiger partial charge in [-0.1, -0.05) is 20.8 Å². The molecule has 0 saturated carbocycles. The molecule has 1 atom stereocenters. The van der Waals surface area contributed by atoms with Crippen molar-refractivity contribution in [1.82, 2.24) is 10.3 Å². The first kappa shape index (κ1) is 14.0. The van der Waals surface area contributed by atoms with Gasteiger partial charge in [-0.15, -0.1) is 0 Å². The van der Waals surface area contributed by atoms with Crippen molar-refractivity contribution >= 4 is 0 Å². The molecule has 96 valence electrons. The fourth-order valence-corrected chi connectivity index (χ4v) is 1.43. The molecule has 0 amide bonds. The lowest BCUT2D eigenvalue weighted by molar-refractivity contribution is 0.213. The molecule has 1 N–H and O–H groups in total. The summed E-state index contributed by atoms with van der Waals surface area (Å²) in [7, 11) is 0. The van der Waals surface area contributed by atoms with Crippen LogP contribution in [-0.4, -0.2) is 17.1 Å². The molecule has 1 aromatic rings. The van der Waals surface area contributed by atoms with Gasteiger partial charge in [0.25, 0.3) is 0 Å². The topological polar surface area (TPSA) is 34.1 Å². The van der Waals surface area contributed by atoms with E-state index in [0.717, 1.165) is 30.1 Å². The van der Waals surface area contributed by atoms with Gasteiger partial charge in [0, 0.05) is 18.3 Å². The molecule has 0 aliphatic rings. The Labute approximate surface area is 105 Å². The molecule has 0 aliphatic heterocycles. The Hall–Kier alpha value is -1.09. The molecular weight excluding hydrogens is 212 g/mol. The number of aryl methyl sites for hydroxylation is 1. The van der Waals surface area contributed by atoms with Crippen LogP contribution in [0.2, 0.25) is 0 Å². The molecule has 3 nitrogen and oxygen atoms in total. The summed E-state index contributed by atoms with van der Waals surface area (Å²) in [6.45, 7) is 11.2. The smallest absolute Gasteiger partial charge is 0.142 e. The Kier molecular flexibility index (Phi) is 5.42. The van der Waals surface area contributed by atoms with Gasteiger partial charge in [-0.25, -0.2) is 0 Å². The predicted molar refractivity (Wildman–Crippen MR) is 71.3 cm³/mol. The lowest BCUT2D eigenvalue weighted by Crippen LogP contribution is -2.23. The fourth-order valence-electron chi connectivity index (χ4n) is 1.43. The van der Waals surface area contributed by atoms with E-state index in [4.69, 9.17) is 4.74 Å². The second-order valence-corrected chi connectivity index (χ2v) is 4.77. The zero-order chi connectivity index (χ0) is 12.8. The molecule has 0 spiro atoms. The molecule has 0 bridgehead atoms. The number of aromatic nitrogens is 1. The highest BCUT2D eigenvalue weighted by Crippen LogP contribution is 2.19. The summed E-state index contributed by atoms with van der Waals surface area (Å²) in [4.78, 5) is 4.54. The maximum atomic E-state index is 5.88. The molecule has 1 heterocycles. The average molecular weight is 236 g/mol. The Balaban J connectivity index is 2.79. The van der Waals surface area contributed by atoms with Gasteiger partial charge >= 0.3 is 0 Å². The Morgan fingerprint density at radius 1 is 1.29 bits per heavy atom. The predicted octanol–water partition coefficient (Wildman–Crippen LogP) is 3.07. The van der Waals surface area contributed by atoms with Crippen molar-refractivity contribution in [2.45, 2.75) is 59.7 Å². The number of nitrogens with one attached hydrogen (secondary N) is 1. The van der Waals surface area contributed by atoms with Gasteiger partial charge in [-0.3, -0.25) is 4.98 Å². The molecule has 17 heavy (non-hydrogen) atoms. The quantitative estimate of drug-likeness (QED) is 0.824. The van der Waals surface area contributed by atoms with E-state index in [2.05, 4.69) is 38.0 Å². The maximum Gasteiger partial charge on any atom is 0.142 e. The van der Waals surface area contributed by atoms with E-state index in [1.165, 1.54) is 0 Å². The van der Waals surface area contributed by atoms with Crippen LogP contribution in [0.4, 0.5) is 0 Å².